The second-order valence-electron chi connectivity index (χ2n) is 8.03. The highest BCUT2D eigenvalue weighted by molar-refractivity contribution is 5.22. The Morgan fingerprint density at radius 2 is 1.64 bits per heavy atom. The topological polar surface area (TPSA) is 18.5 Å². The Morgan fingerprint density at radius 3 is 2.18 bits per heavy atom. The van der Waals surface area contributed by atoms with Gasteiger partial charge in [0.2, 0.25) is 0 Å². The van der Waals surface area contributed by atoms with E-state index < -0.39 is 35.2 Å². The number of halogens is 5. The fourth-order valence-corrected chi connectivity index (χ4v) is 4.41. The van der Waals surface area contributed by atoms with Gasteiger partial charge in [-0.25, -0.2) is 13.2 Å². The molecule has 1 aliphatic heterocycles. The molecule has 1 aromatic carbocycles. The van der Waals surface area contributed by atoms with E-state index in [4.69, 9.17) is 9.47 Å². The fourth-order valence-electron chi connectivity index (χ4n) is 4.41. The van der Waals surface area contributed by atoms with Crippen LogP contribution in [-0.4, -0.2) is 18.8 Å². The van der Waals surface area contributed by atoms with Crippen molar-refractivity contribution in [1.82, 2.24) is 0 Å². The van der Waals surface area contributed by atoms with Gasteiger partial charge >= 0.3 is 6.11 Å². The Morgan fingerprint density at radius 1 is 1.00 bits per heavy atom. The van der Waals surface area contributed by atoms with Gasteiger partial charge < -0.3 is 9.47 Å². The third kappa shape index (κ3) is 5.03. The molecular formula is C21H27F5O2. The lowest BCUT2D eigenvalue weighted by Gasteiger charge is -2.38. The summed E-state index contributed by atoms with van der Waals surface area (Å²) in [6.07, 6.45) is 2.38. The van der Waals surface area contributed by atoms with Crippen molar-refractivity contribution < 1.29 is 31.4 Å². The van der Waals surface area contributed by atoms with Crippen LogP contribution < -0.4 is 0 Å². The second kappa shape index (κ2) is 9.08. The van der Waals surface area contributed by atoms with E-state index in [1.165, 1.54) is 6.42 Å². The van der Waals surface area contributed by atoms with Crippen LogP contribution in [0.4, 0.5) is 22.0 Å². The van der Waals surface area contributed by atoms with Gasteiger partial charge in [-0.05, 0) is 68.9 Å². The van der Waals surface area contributed by atoms with Gasteiger partial charge in [0.1, 0.15) is 0 Å². The van der Waals surface area contributed by atoms with E-state index in [0.29, 0.717) is 24.7 Å². The predicted octanol–water partition coefficient (Wildman–Crippen LogP) is 6.32. The van der Waals surface area contributed by atoms with Gasteiger partial charge in [0, 0.05) is 6.61 Å². The van der Waals surface area contributed by atoms with Crippen molar-refractivity contribution in [2.45, 2.75) is 76.6 Å². The van der Waals surface area contributed by atoms with E-state index in [2.05, 4.69) is 6.92 Å². The molecule has 0 radical (unpaired) electrons. The first-order valence-corrected chi connectivity index (χ1v) is 10.1. The van der Waals surface area contributed by atoms with E-state index in [9.17, 15) is 22.0 Å². The minimum absolute atomic E-state index is 0.176. The molecule has 0 spiro atoms. The van der Waals surface area contributed by atoms with Crippen molar-refractivity contribution in [3.05, 3.63) is 35.1 Å². The molecular weight excluding hydrogens is 379 g/mol. The Kier molecular flexibility index (Phi) is 6.97. The lowest BCUT2D eigenvalue weighted by molar-refractivity contribution is -0.279. The molecule has 0 amide bonds. The van der Waals surface area contributed by atoms with Crippen LogP contribution in [0.2, 0.25) is 0 Å². The average Bonchev–Trinajstić information content (AvgIpc) is 2.67. The molecule has 2 atom stereocenters. The summed E-state index contributed by atoms with van der Waals surface area (Å²) in [7, 11) is 0. The van der Waals surface area contributed by atoms with Gasteiger partial charge in [-0.3, -0.25) is 0 Å². The molecule has 1 saturated heterocycles. The third-order valence-electron chi connectivity index (χ3n) is 5.98. The first-order chi connectivity index (χ1) is 13.3. The van der Waals surface area contributed by atoms with Crippen LogP contribution in [0.5, 0.6) is 0 Å². The van der Waals surface area contributed by atoms with Gasteiger partial charge in [-0.1, -0.05) is 13.3 Å². The molecule has 7 heteroatoms. The van der Waals surface area contributed by atoms with Gasteiger partial charge in [-0.2, -0.15) is 8.78 Å². The van der Waals surface area contributed by atoms with Gasteiger partial charge in [0.15, 0.2) is 17.5 Å². The highest BCUT2D eigenvalue weighted by atomic mass is 19.3. The van der Waals surface area contributed by atoms with Crippen molar-refractivity contribution in [2.24, 2.45) is 11.8 Å². The van der Waals surface area contributed by atoms with Crippen LogP contribution in [0.1, 0.15) is 63.9 Å². The first kappa shape index (κ1) is 21.5. The molecule has 2 unspecified atom stereocenters. The molecule has 1 heterocycles. The van der Waals surface area contributed by atoms with Crippen molar-refractivity contribution in [2.75, 3.05) is 6.61 Å². The van der Waals surface area contributed by atoms with Crippen LogP contribution in [0, 0.1) is 29.3 Å². The summed E-state index contributed by atoms with van der Waals surface area (Å²) < 4.78 is 79.0. The molecule has 2 fully saturated rings. The maximum Gasteiger partial charge on any atom is 0.383 e. The van der Waals surface area contributed by atoms with Gasteiger partial charge in [0.05, 0.1) is 17.8 Å². The SMILES string of the molecule is CCCC1CCC(C2CCC(OC(F)(F)c3cc(F)c(F)c(F)c3)CC2)OC1. The van der Waals surface area contributed by atoms with E-state index in [0.717, 1.165) is 38.7 Å². The Labute approximate surface area is 162 Å². The molecule has 1 aliphatic carbocycles. The van der Waals surface area contributed by atoms with E-state index in [1.54, 1.807) is 0 Å². The summed E-state index contributed by atoms with van der Waals surface area (Å²) in [6.45, 7) is 2.94. The average molecular weight is 406 g/mol. The molecule has 3 rings (SSSR count). The zero-order chi connectivity index (χ0) is 20.3. The van der Waals surface area contributed by atoms with Gasteiger partial charge in [0.25, 0.3) is 0 Å². The Balaban J connectivity index is 1.51. The molecule has 0 aromatic heterocycles. The highest BCUT2D eigenvalue weighted by Gasteiger charge is 2.40. The number of hydrogen-bond donors (Lipinski definition) is 0. The smallest absolute Gasteiger partial charge is 0.378 e. The van der Waals surface area contributed by atoms with Crippen molar-refractivity contribution in [3.63, 3.8) is 0 Å². The van der Waals surface area contributed by atoms with Crippen molar-refractivity contribution >= 4 is 0 Å². The molecule has 0 N–H and O–H groups in total. The van der Waals surface area contributed by atoms with Crippen molar-refractivity contribution in [3.8, 4) is 0 Å². The normalized spacial score (nSPS) is 29.1. The quantitative estimate of drug-likeness (QED) is 0.406. The number of hydrogen-bond acceptors (Lipinski definition) is 2. The Hall–Kier alpha value is -1.21. The van der Waals surface area contributed by atoms with Crippen LogP contribution in [0.15, 0.2) is 12.1 Å². The van der Waals surface area contributed by atoms with Gasteiger partial charge in [-0.15, -0.1) is 0 Å². The Bertz CT molecular complexity index is 627. The van der Waals surface area contributed by atoms with Crippen LogP contribution >= 0.6 is 0 Å². The fraction of sp³-hybridized carbons (Fsp3) is 0.714. The summed E-state index contributed by atoms with van der Waals surface area (Å²) in [5, 5.41) is 0. The number of alkyl halides is 2. The van der Waals surface area contributed by atoms with Crippen LogP contribution in [0.3, 0.4) is 0 Å². The number of rotatable bonds is 6. The van der Waals surface area contributed by atoms with E-state index >= 15 is 0 Å². The standard InChI is InChI=1S/C21H27F5O2/c1-2-3-13-4-9-19(27-12-13)14-5-7-16(8-6-14)28-21(25,26)15-10-17(22)20(24)18(23)11-15/h10-11,13-14,16,19H,2-9,12H2,1H3. The predicted molar refractivity (Wildman–Crippen MR) is 94.4 cm³/mol. The van der Waals surface area contributed by atoms with Crippen LogP contribution in [0.25, 0.3) is 0 Å². The van der Waals surface area contributed by atoms with E-state index in [-0.39, 0.29) is 18.2 Å². The summed E-state index contributed by atoms with van der Waals surface area (Å²) in [4.78, 5) is 0. The van der Waals surface area contributed by atoms with Crippen LogP contribution in [-0.2, 0) is 15.6 Å². The highest BCUT2D eigenvalue weighted by Crippen LogP contribution is 2.39. The zero-order valence-electron chi connectivity index (χ0n) is 16.0. The lowest BCUT2D eigenvalue weighted by Crippen LogP contribution is -2.36. The van der Waals surface area contributed by atoms with Crippen molar-refractivity contribution in [1.29, 1.82) is 0 Å². The molecule has 28 heavy (non-hydrogen) atoms. The zero-order valence-corrected chi connectivity index (χ0v) is 16.0. The summed E-state index contributed by atoms with van der Waals surface area (Å²) in [6, 6.07) is 0.569. The molecule has 1 saturated carbocycles. The minimum Gasteiger partial charge on any atom is -0.378 e. The lowest BCUT2D eigenvalue weighted by atomic mass is 9.80. The largest absolute Gasteiger partial charge is 0.383 e. The summed E-state index contributed by atoms with van der Waals surface area (Å²) >= 11 is 0. The maximum absolute atomic E-state index is 14.3. The van der Waals surface area contributed by atoms with E-state index in [1.807, 2.05) is 0 Å². The molecule has 2 aliphatic rings. The summed E-state index contributed by atoms with van der Waals surface area (Å²) in [5.74, 6) is -4.13. The molecule has 0 bridgehead atoms. The maximum atomic E-state index is 14.3. The number of benzene rings is 1. The molecule has 1 aromatic rings. The minimum atomic E-state index is -3.87. The molecule has 2 nitrogen and oxygen atoms in total. The third-order valence-corrected chi connectivity index (χ3v) is 5.98. The molecule has 158 valence electrons. The number of ether oxygens (including phenoxy) is 2. The second-order valence-corrected chi connectivity index (χ2v) is 8.03. The first-order valence-electron chi connectivity index (χ1n) is 10.1. The monoisotopic (exact) mass is 406 g/mol. The summed E-state index contributed by atoms with van der Waals surface area (Å²) in [5.41, 5.74) is -1.01.